The highest BCUT2D eigenvalue weighted by Crippen LogP contribution is 2.22. The van der Waals surface area contributed by atoms with Crippen molar-refractivity contribution in [1.82, 2.24) is 5.32 Å². The highest BCUT2D eigenvalue weighted by molar-refractivity contribution is 5.76. The maximum atomic E-state index is 12.9. The third kappa shape index (κ3) is 26.1. The molecule has 9 nitrogen and oxygen atoms in total. The van der Waals surface area contributed by atoms with E-state index in [4.69, 9.17) is 9.47 Å². The van der Waals surface area contributed by atoms with E-state index in [-0.39, 0.29) is 12.5 Å². The van der Waals surface area contributed by atoms with E-state index in [9.17, 15) is 30.3 Å². The topological polar surface area (TPSA) is 149 Å². The van der Waals surface area contributed by atoms with Gasteiger partial charge in [0.1, 0.15) is 24.4 Å². The predicted octanol–water partition coefficient (Wildman–Crippen LogP) is 8.67. The number of hydrogen-bond acceptors (Lipinski definition) is 8. The third-order valence-corrected chi connectivity index (χ3v) is 10.1. The van der Waals surface area contributed by atoms with Crippen LogP contribution in [0.2, 0.25) is 0 Å². The molecule has 0 aromatic rings. The zero-order chi connectivity index (χ0) is 39.5. The molecule has 0 aromatic heterocycles. The minimum absolute atomic E-state index is 0.196. The first-order chi connectivity index (χ1) is 26.3. The van der Waals surface area contributed by atoms with Crippen LogP contribution < -0.4 is 5.32 Å². The van der Waals surface area contributed by atoms with Gasteiger partial charge in [-0.25, -0.2) is 0 Å². The number of carbonyl (C=O) groups excluding carboxylic acids is 1. The van der Waals surface area contributed by atoms with Crippen molar-refractivity contribution in [2.45, 2.75) is 217 Å². The summed E-state index contributed by atoms with van der Waals surface area (Å²) in [6.07, 6.45) is 37.3. The summed E-state index contributed by atoms with van der Waals surface area (Å²) in [6, 6.07) is -0.822. The van der Waals surface area contributed by atoms with E-state index < -0.39 is 49.5 Å². The normalized spacial score (nSPS) is 21.9. The Labute approximate surface area is 329 Å². The average molecular weight is 764 g/mol. The summed E-state index contributed by atoms with van der Waals surface area (Å²) in [5, 5.41) is 53.9. The van der Waals surface area contributed by atoms with Gasteiger partial charge in [-0.2, -0.15) is 0 Å². The molecule has 1 rings (SSSR count). The first-order valence-corrected chi connectivity index (χ1v) is 21.9. The van der Waals surface area contributed by atoms with Crippen molar-refractivity contribution >= 4 is 5.91 Å². The van der Waals surface area contributed by atoms with Gasteiger partial charge in [0, 0.05) is 6.42 Å². The van der Waals surface area contributed by atoms with E-state index in [0.29, 0.717) is 6.42 Å². The number of aliphatic hydroxyl groups is 5. The van der Waals surface area contributed by atoms with Crippen molar-refractivity contribution in [1.29, 1.82) is 0 Å². The lowest BCUT2D eigenvalue weighted by Gasteiger charge is -2.40. The Morgan fingerprint density at radius 2 is 1.11 bits per heavy atom. The molecule has 7 unspecified atom stereocenters. The lowest BCUT2D eigenvalue weighted by molar-refractivity contribution is -0.302. The fourth-order valence-electron chi connectivity index (χ4n) is 6.55. The van der Waals surface area contributed by atoms with E-state index in [1.165, 1.54) is 103 Å². The maximum Gasteiger partial charge on any atom is 0.220 e. The molecular weight excluding hydrogens is 682 g/mol. The number of carbonyl (C=O) groups is 1. The summed E-state index contributed by atoms with van der Waals surface area (Å²) in [4.78, 5) is 12.9. The Morgan fingerprint density at radius 3 is 1.69 bits per heavy atom. The van der Waals surface area contributed by atoms with Crippen molar-refractivity contribution in [2.24, 2.45) is 0 Å². The van der Waals surface area contributed by atoms with Gasteiger partial charge in [0.25, 0.3) is 0 Å². The highest BCUT2D eigenvalue weighted by Gasteiger charge is 2.44. The molecule has 1 aliphatic rings. The van der Waals surface area contributed by atoms with Crippen LogP contribution in [0.5, 0.6) is 0 Å². The molecule has 7 atom stereocenters. The Bertz CT molecular complexity index is 983. The second-order valence-electron chi connectivity index (χ2n) is 15.1. The first-order valence-electron chi connectivity index (χ1n) is 21.9. The molecule has 0 saturated carbocycles. The van der Waals surface area contributed by atoms with E-state index in [1.807, 2.05) is 6.08 Å². The molecule has 1 amide bonds. The first kappa shape index (κ1) is 50.2. The average Bonchev–Trinajstić information content (AvgIpc) is 3.17. The molecule has 1 fully saturated rings. The van der Waals surface area contributed by atoms with Crippen LogP contribution in [-0.4, -0.2) is 87.5 Å². The molecule has 6 N–H and O–H groups in total. The molecule has 1 heterocycles. The van der Waals surface area contributed by atoms with Gasteiger partial charge < -0.3 is 40.3 Å². The number of rotatable bonds is 35. The smallest absolute Gasteiger partial charge is 0.220 e. The van der Waals surface area contributed by atoms with Crippen molar-refractivity contribution in [2.75, 3.05) is 13.2 Å². The molecule has 54 heavy (non-hydrogen) atoms. The van der Waals surface area contributed by atoms with Gasteiger partial charge in [0.15, 0.2) is 6.29 Å². The van der Waals surface area contributed by atoms with Gasteiger partial charge in [0.2, 0.25) is 5.91 Å². The molecule has 0 bridgehead atoms. The molecule has 0 aromatic carbocycles. The van der Waals surface area contributed by atoms with Crippen LogP contribution in [0.15, 0.2) is 48.6 Å². The molecular formula is C45H81NO8. The predicted molar refractivity (Wildman–Crippen MR) is 221 cm³/mol. The minimum Gasteiger partial charge on any atom is -0.394 e. The van der Waals surface area contributed by atoms with Gasteiger partial charge >= 0.3 is 0 Å². The summed E-state index contributed by atoms with van der Waals surface area (Å²) in [5.74, 6) is -0.196. The number of nitrogens with one attached hydrogen (secondary N) is 1. The van der Waals surface area contributed by atoms with Gasteiger partial charge in [-0.05, 0) is 64.2 Å². The van der Waals surface area contributed by atoms with Crippen LogP contribution in [0.1, 0.15) is 174 Å². The van der Waals surface area contributed by atoms with Crippen molar-refractivity contribution in [3.05, 3.63) is 48.6 Å². The van der Waals surface area contributed by atoms with Crippen LogP contribution in [0.4, 0.5) is 0 Å². The number of amides is 1. The maximum absolute atomic E-state index is 12.9. The zero-order valence-corrected chi connectivity index (χ0v) is 34.2. The van der Waals surface area contributed by atoms with Crippen molar-refractivity contribution in [3.8, 4) is 0 Å². The lowest BCUT2D eigenvalue weighted by Crippen LogP contribution is -2.60. The summed E-state index contributed by atoms with van der Waals surface area (Å²) in [7, 11) is 0. The summed E-state index contributed by atoms with van der Waals surface area (Å²) < 4.78 is 11.2. The summed E-state index contributed by atoms with van der Waals surface area (Å²) in [5.41, 5.74) is 0. The fraction of sp³-hybridized carbons (Fsp3) is 0.800. The Hall–Kier alpha value is -1.85. The Balaban J connectivity index is 2.33. The number of unbranched alkanes of at least 4 members (excludes halogenated alkanes) is 19. The number of hydrogen-bond donors (Lipinski definition) is 6. The zero-order valence-electron chi connectivity index (χ0n) is 34.2. The van der Waals surface area contributed by atoms with Gasteiger partial charge in [-0.3, -0.25) is 4.79 Å². The molecule has 9 heteroatoms. The Kier molecular flexibility index (Phi) is 33.0. The largest absolute Gasteiger partial charge is 0.394 e. The molecule has 1 saturated heterocycles. The van der Waals surface area contributed by atoms with Crippen molar-refractivity contribution < 1.29 is 39.8 Å². The number of aliphatic hydroxyl groups excluding tert-OH is 5. The standard InChI is InChI=1S/C45H81NO8/c1-3-5-7-9-11-13-15-16-17-18-19-20-21-22-23-24-25-27-29-31-33-35-41(49)46-38(37-53-45-44(52)43(51)42(50)40(36-47)54-45)39(48)34-32-30-28-26-14-12-10-8-6-4-2/h14-16,18-19,26,32,34,38-40,42-45,47-48,50-52H,3-13,17,20-25,27-31,33,35-37H2,1-2H3,(H,46,49)/b16-15-,19-18-,26-14+,34-32+. The van der Waals surface area contributed by atoms with E-state index >= 15 is 0 Å². The molecule has 0 aliphatic carbocycles. The van der Waals surface area contributed by atoms with Crippen LogP contribution in [0, 0.1) is 0 Å². The number of allylic oxidation sites excluding steroid dienone is 7. The second-order valence-corrected chi connectivity index (χ2v) is 15.1. The van der Waals surface area contributed by atoms with Crippen molar-refractivity contribution in [3.63, 3.8) is 0 Å². The molecule has 0 spiro atoms. The van der Waals surface area contributed by atoms with E-state index in [0.717, 1.165) is 51.4 Å². The lowest BCUT2D eigenvalue weighted by atomic mass is 9.99. The van der Waals surface area contributed by atoms with Gasteiger partial charge in [0.05, 0.1) is 25.4 Å². The number of ether oxygens (including phenoxy) is 2. The summed E-state index contributed by atoms with van der Waals surface area (Å²) in [6.45, 7) is 3.69. The van der Waals surface area contributed by atoms with Crippen LogP contribution in [0.3, 0.4) is 0 Å². The fourth-order valence-corrected chi connectivity index (χ4v) is 6.55. The molecule has 1 aliphatic heterocycles. The monoisotopic (exact) mass is 764 g/mol. The highest BCUT2D eigenvalue weighted by atomic mass is 16.7. The van der Waals surface area contributed by atoms with Crippen LogP contribution in [0.25, 0.3) is 0 Å². The molecule has 0 radical (unpaired) electrons. The SMILES string of the molecule is CCCCCC/C=C/CC/C=C/C(O)C(COC1OC(CO)C(O)C(O)C1O)NC(=O)CCCCCCCCCCC/C=C\C/C=C\CCCCCCC. The van der Waals surface area contributed by atoms with E-state index in [1.54, 1.807) is 6.08 Å². The minimum atomic E-state index is -1.57. The van der Waals surface area contributed by atoms with Crippen LogP contribution >= 0.6 is 0 Å². The quantitative estimate of drug-likeness (QED) is 0.0278. The second kappa shape index (κ2) is 35.6. The van der Waals surface area contributed by atoms with Gasteiger partial charge in [-0.15, -0.1) is 0 Å². The Morgan fingerprint density at radius 1 is 0.630 bits per heavy atom. The summed E-state index contributed by atoms with van der Waals surface area (Å²) >= 11 is 0. The van der Waals surface area contributed by atoms with E-state index in [2.05, 4.69) is 55.6 Å². The van der Waals surface area contributed by atoms with Gasteiger partial charge in [-0.1, -0.05) is 152 Å². The third-order valence-electron chi connectivity index (χ3n) is 10.1. The molecule has 314 valence electrons. The van der Waals surface area contributed by atoms with Crippen LogP contribution in [-0.2, 0) is 14.3 Å².